The number of fused-ring (bicyclic) bond motifs is 1. The molecule has 0 aliphatic carbocycles. The van der Waals surface area contributed by atoms with Crippen LogP contribution in [0.2, 0.25) is 0 Å². The number of amides is 2. The zero-order valence-corrected chi connectivity index (χ0v) is 13.0. The molecule has 0 bridgehead atoms. The Morgan fingerprint density at radius 2 is 2.00 bits per heavy atom. The minimum absolute atomic E-state index is 0.0112. The minimum atomic E-state index is -0.518. The van der Waals surface area contributed by atoms with Crippen LogP contribution >= 0.6 is 12.2 Å². The van der Waals surface area contributed by atoms with Crippen molar-refractivity contribution in [2.75, 3.05) is 19.8 Å². The molecule has 0 saturated carbocycles. The van der Waals surface area contributed by atoms with Gasteiger partial charge in [-0.1, -0.05) is 12.1 Å². The third-order valence-corrected chi connectivity index (χ3v) is 3.70. The van der Waals surface area contributed by atoms with Crippen LogP contribution < -0.4 is 14.8 Å². The Morgan fingerprint density at radius 1 is 1.26 bits per heavy atom. The standard InChI is InChI=1S/C16H14N2O4S/c1-2-5-18-15(20)11(14(19)17-16(18)23)8-10-3-4-12-13(9-10)22-7-6-21-12/h2-4,8-9H,1,5-7H2,(H,17,19,23). The van der Waals surface area contributed by atoms with Crippen molar-refractivity contribution < 1.29 is 19.1 Å². The van der Waals surface area contributed by atoms with E-state index < -0.39 is 11.8 Å². The van der Waals surface area contributed by atoms with Gasteiger partial charge in [0.05, 0.1) is 0 Å². The maximum absolute atomic E-state index is 12.4. The van der Waals surface area contributed by atoms with Gasteiger partial charge in [0.25, 0.3) is 11.8 Å². The van der Waals surface area contributed by atoms with Crippen molar-refractivity contribution in [3.05, 3.63) is 42.0 Å². The quantitative estimate of drug-likeness (QED) is 0.391. The van der Waals surface area contributed by atoms with Gasteiger partial charge in [0.2, 0.25) is 0 Å². The van der Waals surface area contributed by atoms with Crippen LogP contribution in [-0.4, -0.2) is 41.6 Å². The SMILES string of the molecule is C=CCN1C(=O)C(=Cc2ccc3c(c2)OCCO3)C(=O)NC1=S. The number of nitrogens with one attached hydrogen (secondary N) is 1. The number of ether oxygens (including phenoxy) is 2. The number of rotatable bonds is 3. The van der Waals surface area contributed by atoms with E-state index in [1.54, 1.807) is 24.3 Å². The summed E-state index contributed by atoms with van der Waals surface area (Å²) in [5.41, 5.74) is 0.677. The van der Waals surface area contributed by atoms with E-state index >= 15 is 0 Å². The largest absolute Gasteiger partial charge is 0.486 e. The highest BCUT2D eigenvalue weighted by atomic mass is 32.1. The molecule has 2 aliphatic heterocycles. The summed E-state index contributed by atoms with van der Waals surface area (Å²) >= 11 is 5.01. The first-order valence-electron chi connectivity index (χ1n) is 6.99. The van der Waals surface area contributed by atoms with Crippen LogP contribution in [0.1, 0.15) is 5.56 Å². The average Bonchev–Trinajstić information content (AvgIpc) is 2.55. The second-order valence-electron chi connectivity index (χ2n) is 4.92. The first-order valence-corrected chi connectivity index (χ1v) is 7.40. The smallest absolute Gasteiger partial charge is 0.265 e. The van der Waals surface area contributed by atoms with Crippen molar-refractivity contribution in [1.29, 1.82) is 0 Å². The fourth-order valence-corrected chi connectivity index (χ4v) is 2.56. The Morgan fingerprint density at radius 3 is 2.74 bits per heavy atom. The summed E-state index contributed by atoms with van der Waals surface area (Å²) in [7, 11) is 0. The lowest BCUT2D eigenvalue weighted by Gasteiger charge is -2.27. The zero-order valence-electron chi connectivity index (χ0n) is 12.2. The van der Waals surface area contributed by atoms with Crippen LogP contribution in [0.25, 0.3) is 6.08 Å². The second kappa shape index (κ2) is 6.21. The molecular formula is C16H14N2O4S. The monoisotopic (exact) mass is 330 g/mol. The first kappa shape index (κ1) is 15.2. The van der Waals surface area contributed by atoms with E-state index in [0.717, 1.165) is 0 Å². The van der Waals surface area contributed by atoms with E-state index in [-0.39, 0.29) is 17.2 Å². The minimum Gasteiger partial charge on any atom is -0.486 e. The molecule has 2 amide bonds. The summed E-state index contributed by atoms with van der Waals surface area (Å²) in [5, 5.41) is 2.59. The molecule has 1 fully saturated rings. The molecule has 2 aliphatic rings. The van der Waals surface area contributed by atoms with Crippen molar-refractivity contribution in [3.63, 3.8) is 0 Å². The Labute approximate surface area is 138 Å². The normalized spacial score (nSPS) is 18.9. The van der Waals surface area contributed by atoms with Crippen LogP contribution in [-0.2, 0) is 9.59 Å². The molecular weight excluding hydrogens is 316 g/mol. The van der Waals surface area contributed by atoms with Crippen molar-refractivity contribution in [2.45, 2.75) is 0 Å². The Balaban J connectivity index is 1.93. The van der Waals surface area contributed by atoms with E-state index in [2.05, 4.69) is 11.9 Å². The van der Waals surface area contributed by atoms with E-state index in [1.807, 2.05) is 0 Å². The van der Waals surface area contributed by atoms with Gasteiger partial charge < -0.3 is 9.47 Å². The number of benzene rings is 1. The molecule has 2 heterocycles. The number of hydrogen-bond donors (Lipinski definition) is 1. The molecule has 7 heteroatoms. The van der Waals surface area contributed by atoms with Gasteiger partial charge in [0.1, 0.15) is 18.8 Å². The third-order valence-electron chi connectivity index (χ3n) is 3.37. The molecule has 23 heavy (non-hydrogen) atoms. The van der Waals surface area contributed by atoms with Crippen molar-refractivity contribution in [3.8, 4) is 11.5 Å². The topological polar surface area (TPSA) is 67.9 Å². The lowest BCUT2D eigenvalue weighted by Crippen LogP contribution is -2.53. The van der Waals surface area contributed by atoms with E-state index in [0.29, 0.717) is 30.3 Å². The van der Waals surface area contributed by atoms with Crippen LogP contribution in [0, 0.1) is 0 Å². The van der Waals surface area contributed by atoms with Gasteiger partial charge in [0.15, 0.2) is 16.6 Å². The summed E-state index contributed by atoms with van der Waals surface area (Å²) in [4.78, 5) is 25.8. The van der Waals surface area contributed by atoms with Crippen molar-refractivity contribution in [2.24, 2.45) is 0 Å². The van der Waals surface area contributed by atoms with E-state index in [4.69, 9.17) is 21.7 Å². The number of hydrogen-bond acceptors (Lipinski definition) is 5. The molecule has 0 aromatic heterocycles. The summed E-state index contributed by atoms with van der Waals surface area (Å²) in [6.07, 6.45) is 3.05. The summed E-state index contributed by atoms with van der Waals surface area (Å²) in [6, 6.07) is 5.23. The lowest BCUT2D eigenvalue weighted by molar-refractivity contribution is -0.128. The molecule has 1 aromatic rings. The molecule has 0 spiro atoms. The predicted molar refractivity (Wildman–Crippen MR) is 88.1 cm³/mol. The Kier molecular flexibility index (Phi) is 4.12. The number of nitrogens with zero attached hydrogens (tertiary/aromatic N) is 1. The average molecular weight is 330 g/mol. The van der Waals surface area contributed by atoms with Crippen molar-refractivity contribution in [1.82, 2.24) is 10.2 Å². The van der Waals surface area contributed by atoms with E-state index in [1.165, 1.54) is 11.0 Å². The fraction of sp³-hybridized carbons (Fsp3) is 0.188. The highest BCUT2D eigenvalue weighted by molar-refractivity contribution is 7.80. The molecule has 6 nitrogen and oxygen atoms in total. The number of carbonyl (C=O) groups excluding carboxylic acids is 2. The number of thiocarbonyl (C=S) groups is 1. The van der Waals surface area contributed by atoms with Crippen LogP contribution in [0.15, 0.2) is 36.4 Å². The molecule has 1 aromatic carbocycles. The molecule has 1 saturated heterocycles. The van der Waals surface area contributed by atoms with Crippen molar-refractivity contribution >= 4 is 35.2 Å². The molecule has 0 atom stereocenters. The van der Waals surface area contributed by atoms with Gasteiger partial charge in [-0.3, -0.25) is 19.8 Å². The molecule has 0 radical (unpaired) electrons. The highest BCUT2D eigenvalue weighted by Gasteiger charge is 2.32. The molecule has 1 N–H and O–H groups in total. The molecule has 118 valence electrons. The van der Waals surface area contributed by atoms with E-state index in [9.17, 15) is 9.59 Å². The second-order valence-corrected chi connectivity index (χ2v) is 5.31. The van der Waals surface area contributed by atoms with Gasteiger partial charge in [0, 0.05) is 6.54 Å². The summed E-state index contributed by atoms with van der Waals surface area (Å²) < 4.78 is 10.9. The van der Waals surface area contributed by atoms with Gasteiger partial charge in [-0.2, -0.15) is 0 Å². The highest BCUT2D eigenvalue weighted by Crippen LogP contribution is 2.31. The Hall–Kier alpha value is -2.67. The van der Waals surface area contributed by atoms with Gasteiger partial charge >= 0.3 is 0 Å². The summed E-state index contributed by atoms with van der Waals surface area (Å²) in [6.45, 7) is 4.78. The van der Waals surface area contributed by atoms with Gasteiger partial charge in [-0.25, -0.2) is 0 Å². The molecule has 0 unspecified atom stereocenters. The maximum Gasteiger partial charge on any atom is 0.265 e. The zero-order chi connectivity index (χ0) is 16.4. The first-order chi connectivity index (χ1) is 11.1. The number of carbonyl (C=O) groups is 2. The Bertz CT molecular complexity index is 742. The molecule has 3 rings (SSSR count). The lowest BCUT2D eigenvalue weighted by atomic mass is 10.1. The van der Waals surface area contributed by atoms with Crippen LogP contribution in [0.5, 0.6) is 11.5 Å². The van der Waals surface area contributed by atoms with Crippen LogP contribution in [0.4, 0.5) is 0 Å². The van der Waals surface area contributed by atoms with Crippen LogP contribution in [0.3, 0.4) is 0 Å². The summed E-state index contributed by atoms with van der Waals surface area (Å²) in [5.74, 6) is 0.267. The maximum atomic E-state index is 12.4. The van der Waals surface area contributed by atoms with Gasteiger partial charge in [-0.15, -0.1) is 6.58 Å². The van der Waals surface area contributed by atoms with Gasteiger partial charge in [-0.05, 0) is 36.0 Å². The fourth-order valence-electron chi connectivity index (χ4n) is 2.31. The third kappa shape index (κ3) is 2.95. The predicted octanol–water partition coefficient (Wildman–Crippen LogP) is 1.27.